The topological polar surface area (TPSA) is 29.5 Å². The third kappa shape index (κ3) is 3.40. The van der Waals surface area contributed by atoms with Gasteiger partial charge in [-0.3, -0.25) is 0 Å². The molecule has 2 aromatic rings. The average molecular weight is 326 g/mol. The molecule has 0 amide bonds. The Morgan fingerprint density at radius 1 is 0.917 bits per heavy atom. The number of hydrogen-bond acceptors (Lipinski definition) is 2. The number of ether oxygens (including phenoxy) is 1. The molecule has 130 valence electrons. The molecule has 2 heteroatoms. The first-order valence-corrected chi connectivity index (χ1v) is 8.47. The van der Waals surface area contributed by atoms with Gasteiger partial charge in [-0.15, -0.1) is 0 Å². The molecule has 0 saturated heterocycles. The van der Waals surface area contributed by atoms with Crippen molar-refractivity contribution in [2.24, 2.45) is 0 Å². The predicted octanol–water partition coefficient (Wildman–Crippen LogP) is 5.67. The van der Waals surface area contributed by atoms with E-state index in [9.17, 15) is 5.11 Å². The normalized spacial score (nSPS) is 13.3. The molecular weight excluding hydrogens is 296 g/mol. The maximum atomic E-state index is 10.4. The van der Waals surface area contributed by atoms with E-state index >= 15 is 0 Å². The summed E-state index contributed by atoms with van der Waals surface area (Å²) in [6.07, 6.45) is 0. The molecule has 2 nitrogen and oxygen atoms in total. The van der Waals surface area contributed by atoms with Crippen molar-refractivity contribution in [2.45, 2.75) is 65.3 Å². The Bertz CT molecular complexity index is 761. The smallest absolute Gasteiger partial charge is 0.0918 e. The van der Waals surface area contributed by atoms with Gasteiger partial charge in [0.1, 0.15) is 0 Å². The second-order valence-corrected chi connectivity index (χ2v) is 8.17. The van der Waals surface area contributed by atoms with E-state index in [1.165, 1.54) is 5.39 Å². The van der Waals surface area contributed by atoms with Gasteiger partial charge < -0.3 is 9.84 Å². The van der Waals surface area contributed by atoms with Gasteiger partial charge in [-0.25, -0.2) is 0 Å². The maximum Gasteiger partial charge on any atom is 0.0918 e. The lowest BCUT2D eigenvalue weighted by atomic mass is 9.85. The first kappa shape index (κ1) is 18.7. The van der Waals surface area contributed by atoms with Crippen molar-refractivity contribution in [1.82, 2.24) is 0 Å². The van der Waals surface area contributed by atoms with Crippen molar-refractivity contribution in [1.29, 1.82) is 0 Å². The van der Waals surface area contributed by atoms with E-state index in [4.69, 9.17) is 4.74 Å². The summed E-state index contributed by atoms with van der Waals surface area (Å²) in [5, 5.41) is 12.8. The number of fused-ring (bicyclic) bond motifs is 1. The third-order valence-electron chi connectivity index (χ3n) is 5.01. The second-order valence-electron chi connectivity index (χ2n) is 8.17. The van der Waals surface area contributed by atoms with Crippen LogP contribution in [0.5, 0.6) is 0 Å². The number of rotatable bonds is 5. The van der Waals surface area contributed by atoms with Crippen molar-refractivity contribution in [2.75, 3.05) is 0 Å². The van der Waals surface area contributed by atoms with Crippen molar-refractivity contribution < 1.29 is 9.84 Å². The fraction of sp³-hybridized carbons (Fsp3) is 0.455. The number of allylic oxidation sites excluding steroid dienone is 1. The quantitative estimate of drug-likeness (QED) is 0.766. The maximum absolute atomic E-state index is 10.4. The highest BCUT2D eigenvalue weighted by Crippen LogP contribution is 2.39. The zero-order valence-electron chi connectivity index (χ0n) is 16.0. The van der Waals surface area contributed by atoms with Crippen LogP contribution in [0.1, 0.15) is 59.6 Å². The van der Waals surface area contributed by atoms with E-state index in [-0.39, 0.29) is 0 Å². The first-order valence-electron chi connectivity index (χ1n) is 8.47. The van der Waals surface area contributed by atoms with Gasteiger partial charge in [0, 0.05) is 0 Å². The van der Waals surface area contributed by atoms with E-state index in [0.717, 1.165) is 22.1 Å². The minimum Gasteiger partial charge on any atom is -0.387 e. The van der Waals surface area contributed by atoms with E-state index in [0.29, 0.717) is 0 Å². The molecule has 0 aliphatic rings. The summed E-state index contributed by atoms with van der Waals surface area (Å²) in [6.45, 7) is 17.7. The molecule has 1 N–H and O–H groups in total. The molecule has 24 heavy (non-hydrogen) atoms. The molecular formula is C22H30O2. The molecule has 0 atom stereocenters. The van der Waals surface area contributed by atoms with Gasteiger partial charge in [-0.05, 0) is 70.4 Å². The summed E-state index contributed by atoms with van der Waals surface area (Å²) < 4.78 is 6.41. The van der Waals surface area contributed by atoms with Crippen LogP contribution in [-0.4, -0.2) is 16.3 Å². The van der Waals surface area contributed by atoms with E-state index < -0.39 is 16.8 Å². The van der Waals surface area contributed by atoms with Crippen LogP contribution in [0, 0.1) is 0 Å². The molecule has 2 rings (SSSR count). The Hall–Kier alpha value is -1.64. The largest absolute Gasteiger partial charge is 0.387 e. The van der Waals surface area contributed by atoms with Crippen LogP contribution < -0.4 is 0 Å². The van der Waals surface area contributed by atoms with Crippen LogP contribution in [0.15, 0.2) is 43.0 Å². The van der Waals surface area contributed by atoms with Crippen LogP contribution in [0.25, 0.3) is 16.3 Å². The van der Waals surface area contributed by atoms with Gasteiger partial charge in [-0.1, -0.05) is 48.6 Å². The van der Waals surface area contributed by atoms with Gasteiger partial charge in [-0.2, -0.15) is 0 Å². The second kappa shape index (κ2) is 6.02. The molecule has 0 fully saturated rings. The monoisotopic (exact) mass is 326 g/mol. The van der Waals surface area contributed by atoms with Crippen molar-refractivity contribution >= 4 is 16.3 Å². The van der Waals surface area contributed by atoms with Crippen LogP contribution in [0.4, 0.5) is 0 Å². The zero-order chi connectivity index (χ0) is 18.3. The zero-order valence-corrected chi connectivity index (χ0v) is 16.0. The summed E-state index contributed by atoms with van der Waals surface area (Å²) in [5.74, 6) is 0. The molecule has 0 saturated carbocycles. The Kier molecular flexibility index (Phi) is 4.69. The lowest BCUT2D eigenvalue weighted by Crippen LogP contribution is -2.50. The van der Waals surface area contributed by atoms with Crippen LogP contribution in [0.3, 0.4) is 0 Å². The van der Waals surface area contributed by atoms with Crippen molar-refractivity contribution in [3.8, 4) is 0 Å². The van der Waals surface area contributed by atoms with E-state index in [1.807, 2.05) is 20.8 Å². The number of benzene rings is 2. The molecule has 2 aromatic carbocycles. The van der Waals surface area contributed by atoms with Crippen LogP contribution in [-0.2, 0) is 10.3 Å². The van der Waals surface area contributed by atoms with Gasteiger partial charge in [0.25, 0.3) is 0 Å². The van der Waals surface area contributed by atoms with Crippen LogP contribution in [0.2, 0.25) is 0 Å². The lowest BCUT2D eigenvalue weighted by molar-refractivity contribution is -0.206. The van der Waals surface area contributed by atoms with Gasteiger partial charge >= 0.3 is 0 Å². The van der Waals surface area contributed by atoms with Crippen LogP contribution >= 0.6 is 0 Å². The van der Waals surface area contributed by atoms with Crippen molar-refractivity contribution in [3.05, 3.63) is 54.1 Å². The molecule has 0 heterocycles. The minimum atomic E-state index is -0.947. The Morgan fingerprint density at radius 3 is 2.00 bits per heavy atom. The molecule has 0 radical (unpaired) electrons. The minimum absolute atomic E-state index is 0.545. The third-order valence-corrected chi connectivity index (χ3v) is 5.01. The SMILES string of the molecule is C=C(C)c1cccc2c(C(C)(C)OC(C)(C)C(C)(C)O)cccc12. The molecule has 0 aliphatic carbocycles. The highest BCUT2D eigenvalue weighted by atomic mass is 16.5. The molecule has 0 aromatic heterocycles. The standard InChI is InChI=1S/C22H30O2/c1-15(2)16-11-9-13-18-17(16)12-10-14-19(18)20(3,4)24-22(7,8)21(5,6)23/h9-14,23H,1H2,2-8H3. The van der Waals surface area contributed by atoms with E-state index in [1.54, 1.807) is 13.8 Å². The Morgan fingerprint density at radius 2 is 1.46 bits per heavy atom. The highest BCUT2D eigenvalue weighted by Gasteiger charge is 2.41. The van der Waals surface area contributed by atoms with Crippen molar-refractivity contribution in [3.63, 3.8) is 0 Å². The number of aliphatic hydroxyl groups is 1. The summed E-state index contributed by atoms with van der Waals surface area (Å²) in [5.41, 5.74) is 1.14. The fourth-order valence-electron chi connectivity index (χ4n) is 3.02. The van der Waals surface area contributed by atoms with Gasteiger partial charge in [0.2, 0.25) is 0 Å². The molecule has 0 aliphatic heterocycles. The first-order chi connectivity index (χ1) is 10.9. The Balaban J connectivity index is 2.60. The number of hydrogen-bond donors (Lipinski definition) is 1. The van der Waals surface area contributed by atoms with E-state index in [2.05, 4.69) is 56.8 Å². The molecule has 0 bridgehead atoms. The summed E-state index contributed by atoms with van der Waals surface area (Å²) >= 11 is 0. The summed E-state index contributed by atoms with van der Waals surface area (Å²) in [7, 11) is 0. The van der Waals surface area contributed by atoms with Gasteiger partial charge in [0.15, 0.2) is 0 Å². The highest BCUT2D eigenvalue weighted by molar-refractivity contribution is 5.95. The fourth-order valence-corrected chi connectivity index (χ4v) is 3.02. The summed E-state index contributed by atoms with van der Waals surface area (Å²) in [4.78, 5) is 0. The lowest BCUT2D eigenvalue weighted by Gasteiger charge is -2.43. The van der Waals surface area contributed by atoms with Gasteiger partial charge in [0.05, 0.1) is 16.8 Å². The summed E-state index contributed by atoms with van der Waals surface area (Å²) in [6, 6.07) is 12.6. The Labute approximate surface area is 146 Å². The molecule has 0 spiro atoms. The predicted molar refractivity (Wildman–Crippen MR) is 103 cm³/mol. The average Bonchev–Trinajstić information content (AvgIpc) is 2.43. The molecule has 0 unspecified atom stereocenters.